The molecule has 2 saturated heterocycles. The van der Waals surface area contributed by atoms with E-state index in [9.17, 15) is 19.2 Å². The van der Waals surface area contributed by atoms with Crippen molar-refractivity contribution in [2.45, 2.75) is 110 Å². The van der Waals surface area contributed by atoms with Gasteiger partial charge < -0.3 is 25.6 Å². The molecule has 2 atom stereocenters. The number of nitrogens with zero attached hydrogens (tertiary/aromatic N) is 2. The Labute approximate surface area is 251 Å². The van der Waals surface area contributed by atoms with Crippen molar-refractivity contribution in [2.75, 3.05) is 24.1 Å². The zero-order valence-corrected chi connectivity index (χ0v) is 27.2. The van der Waals surface area contributed by atoms with Gasteiger partial charge in [0.2, 0.25) is 5.91 Å². The number of likely N-dealkylation sites (tertiary alicyclic amines) is 2. The SMILES string of the molecule is CC(C)(C)OC(=O)N1CCC[C@@]1(C)C(=O)O.Cc1cc(Br)cc(NC(=O)[C@]2(C)CCCN2C(=O)OC(C)(C)C)c1N. The molecular weight excluding hydrogens is 596 g/mol. The van der Waals surface area contributed by atoms with Crippen LogP contribution in [0.3, 0.4) is 0 Å². The molecule has 4 N–H and O–H groups in total. The van der Waals surface area contributed by atoms with Gasteiger partial charge in [0.15, 0.2) is 0 Å². The molecule has 0 radical (unpaired) electrons. The molecule has 11 nitrogen and oxygen atoms in total. The summed E-state index contributed by atoms with van der Waals surface area (Å²) in [6, 6.07) is 3.64. The van der Waals surface area contributed by atoms with E-state index in [1.165, 1.54) is 9.80 Å². The first-order valence-electron chi connectivity index (χ1n) is 13.7. The quantitative estimate of drug-likeness (QED) is 0.344. The highest BCUT2D eigenvalue weighted by Gasteiger charge is 2.48. The van der Waals surface area contributed by atoms with Crippen LogP contribution in [0.15, 0.2) is 16.6 Å². The molecule has 0 saturated carbocycles. The van der Waals surface area contributed by atoms with Gasteiger partial charge >= 0.3 is 18.2 Å². The predicted octanol–water partition coefficient (Wildman–Crippen LogP) is 5.93. The van der Waals surface area contributed by atoms with Crippen LogP contribution >= 0.6 is 15.9 Å². The summed E-state index contributed by atoms with van der Waals surface area (Å²) in [6.45, 7) is 16.9. The third-order valence-electron chi connectivity index (χ3n) is 7.06. The summed E-state index contributed by atoms with van der Waals surface area (Å²) in [5.41, 5.74) is 4.70. The molecule has 1 aromatic rings. The van der Waals surface area contributed by atoms with Gasteiger partial charge in [-0.3, -0.25) is 14.6 Å². The fourth-order valence-corrected chi connectivity index (χ4v) is 5.29. The molecule has 2 fully saturated rings. The van der Waals surface area contributed by atoms with Gasteiger partial charge in [0, 0.05) is 17.6 Å². The second-order valence-electron chi connectivity index (χ2n) is 13.0. The lowest BCUT2D eigenvalue weighted by molar-refractivity contribution is -0.148. The molecular formula is C29H45BrN4O7. The molecule has 0 bridgehead atoms. The van der Waals surface area contributed by atoms with Gasteiger partial charge in [-0.1, -0.05) is 15.9 Å². The Bertz CT molecular complexity index is 1180. The van der Waals surface area contributed by atoms with Crippen molar-refractivity contribution in [3.05, 3.63) is 22.2 Å². The lowest BCUT2D eigenvalue weighted by Crippen LogP contribution is -2.54. The number of carbonyl (C=O) groups is 4. The van der Waals surface area contributed by atoms with Crippen molar-refractivity contribution in [3.63, 3.8) is 0 Å². The molecule has 3 rings (SSSR count). The van der Waals surface area contributed by atoms with Gasteiger partial charge in [0.25, 0.3) is 0 Å². The normalized spacial score (nSPS) is 22.5. The summed E-state index contributed by atoms with van der Waals surface area (Å²) in [6.07, 6.45) is 1.47. The molecule has 0 aromatic heterocycles. The van der Waals surface area contributed by atoms with Crippen LogP contribution in [0.2, 0.25) is 0 Å². The van der Waals surface area contributed by atoms with Crippen LogP contribution in [0.4, 0.5) is 21.0 Å². The van der Waals surface area contributed by atoms with Crippen molar-refractivity contribution in [1.82, 2.24) is 9.80 Å². The van der Waals surface area contributed by atoms with Crippen LogP contribution in [-0.4, -0.2) is 74.3 Å². The molecule has 230 valence electrons. The topological polar surface area (TPSA) is 152 Å². The minimum absolute atomic E-state index is 0.264. The maximum absolute atomic E-state index is 13.0. The summed E-state index contributed by atoms with van der Waals surface area (Å²) >= 11 is 3.41. The first kappa shape index (κ1) is 34.2. The van der Waals surface area contributed by atoms with E-state index in [1.54, 1.807) is 40.7 Å². The number of carbonyl (C=O) groups excluding carboxylic acids is 3. The van der Waals surface area contributed by atoms with Crippen LogP contribution in [0.5, 0.6) is 0 Å². The Hall–Kier alpha value is -3.02. The number of carboxylic acids is 1. The number of nitrogens with one attached hydrogen (secondary N) is 1. The number of rotatable bonds is 3. The number of aliphatic carboxylic acids is 1. The molecule has 0 unspecified atom stereocenters. The van der Waals surface area contributed by atoms with Crippen molar-refractivity contribution < 1.29 is 33.8 Å². The van der Waals surface area contributed by atoms with Gasteiger partial charge in [0.1, 0.15) is 22.3 Å². The number of benzene rings is 1. The van der Waals surface area contributed by atoms with Crippen molar-refractivity contribution >= 4 is 51.4 Å². The fraction of sp³-hybridized carbons (Fsp3) is 0.655. The number of anilines is 2. The standard InChI is InChI=1S/C18H26BrN3O3.C11H19NO4/c1-11-9-12(19)10-13(14(11)20)21-15(23)18(5)7-6-8-22(18)16(24)25-17(2,3)4;1-10(2,3)16-9(15)12-7-5-6-11(12,4)8(13)14/h9-10H,6-8,20H2,1-5H3,(H,21,23);5-7H2,1-4H3,(H,13,14)/t18-;11-/m00/s1. The van der Waals surface area contributed by atoms with E-state index in [2.05, 4.69) is 21.2 Å². The predicted molar refractivity (Wildman–Crippen MR) is 161 cm³/mol. The van der Waals surface area contributed by atoms with Crippen LogP contribution in [0, 0.1) is 6.92 Å². The van der Waals surface area contributed by atoms with E-state index in [0.29, 0.717) is 43.7 Å². The first-order chi connectivity index (χ1) is 18.6. The summed E-state index contributed by atoms with van der Waals surface area (Å²) in [5.74, 6) is -1.24. The van der Waals surface area contributed by atoms with Gasteiger partial charge in [-0.2, -0.15) is 0 Å². The summed E-state index contributed by atoms with van der Waals surface area (Å²) in [4.78, 5) is 51.3. The maximum Gasteiger partial charge on any atom is 0.411 e. The molecule has 3 amide bonds. The summed E-state index contributed by atoms with van der Waals surface area (Å²) < 4.78 is 11.5. The number of carboxylic acid groups (broad SMARTS) is 1. The molecule has 0 aliphatic carbocycles. The number of nitrogens with two attached hydrogens (primary N) is 1. The Morgan fingerprint density at radius 3 is 1.78 bits per heavy atom. The van der Waals surface area contributed by atoms with E-state index in [0.717, 1.165) is 16.5 Å². The highest BCUT2D eigenvalue weighted by Crippen LogP contribution is 2.34. The monoisotopic (exact) mass is 640 g/mol. The molecule has 2 heterocycles. The number of amides is 3. The minimum atomic E-state index is -1.12. The molecule has 2 aliphatic rings. The van der Waals surface area contributed by atoms with Crippen LogP contribution < -0.4 is 11.1 Å². The van der Waals surface area contributed by atoms with Crippen LogP contribution in [-0.2, 0) is 19.1 Å². The molecule has 41 heavy (non-hydrogen) atoms. The van der Waals surface area contributed by atoms with E-state index in [-0.39, 0.29) is 5.91 Å². The number of hydrogen-bond acceptors (Lipinski definition) is 7. The Morgan fingerprint density at radius 1 is 0.902 bits per heavy atom. The van der Waals surface area contributed by atoms with Crippen molar-refractivity contribution in [3.8, 4) is 0 Å². The Kier molecular flexibility index (Phi) is 10.4. The Balaban J connectivity index is 0.000000317. The van der Waals surface area contributed by atoms with Gasteiger partial charge in [-0.05, 0) is 106 Å². The van der Waals surface area contributed by atoms with E-state index in [1.807, 2.05) is 33.8 Å². The van der Waals surface area contributed by atoms with Crippen LogP contribution in [0.25, 0.3) is 0 Å². The van der Waals surface area contributed by atoms with Crippen LogP contribution in [0.1, 0.15) is 86.6 Å². The number of aryl methyl sites for hydroxylation is 1. The summed E-state index contributed by atoms with van der Waals surface area (Å²) in [7, 11) is 0. The molecule has 12 heteroatoms. The number of nitrogen functional groups attached to an aromatic ring is 1. The molecule has 2 aliphatic heterocycles. The van der Waals surface area contributed by atoms with Crippen molar-refractivity contribution in [2.24, 2.45) is 0 Å². The zero-order chi connectivity index (χ0) is 31.6. The van der Waals surface area contributed by atoms with E-state index >= 15 is 0 Å². The largest absolute Gasteiger partial charge is 0.480 e. The van der Waals surface area contributed by atoms with Gasteiger partial charge in [-0.15, -0.1) is 0 Å². The third kappa shape index (κ3) is 8.50. The lowest BCUT2D eigenvalue weighted by atomic mass is 9.97. The Morgan fingerprint density at radius 2 is 1.34 bits per heavy atom. The number of halogens is 1. The summed E-state index contributed by atoms with van der Waals surface area (Å²) in [5, 5.41) is 12.0. The van der Waals surface area contributed by atoms with E-state index < -0.39 is 40.4 Å². The maximum atomic E-state index is 13.0. The average molecular weight is 642 g/mol. The van der Waals surface area contributed by atoms with Crippen molar-refractivity contribution in [1.29, 1.82) is 0 Å². The van der Waals surface area contributed by atoms with Gasteiger partial charge in [-0.25, -0.2) is 14.4 Å². The lowest BCUT2D eigenvalue weighted by Gasteiger charge is -2.35. The molecule has 0 spiro atoms. The highest BCUT2D eigenvalue weighted by atomic mass is 79.9. The molecule has 1 aromatic carbocycles. The second-order valence-corrected chi connectivity index (χ2v) is 13.9. The van der Waals surface area contributed by atoms with E-state index in [4.69, 9.17) is 20.3 Å². The van der Waals surface area contributed by atoms with Gasteiger partial charge in [0.05, 0.1) is 11.4 Å². The number of ether oxygens (including phenoxy) is 2. The smallest absolute Gasteiger partial charge is 0.411 e. The second kappa shape index (κ2) is 12.5. The fourth-order valence-electron chi connectivity index (χ4n) is 4.72. The zero-order valence-electron chi connectivity index (χ0n) is 25.6. The minimum Gasteiger partial charge on any atom is -0.480 e. The average Bonchev–Trinajstić information content (AvgIpc) is 3.40. The highest BCUT2D eigenvalue weighted by molar-refractivity contribution is 9.10. The third-order valence-corrected chi connectivity index (χ3v) is 7.52. The number of hydrogen-bond donors (Lipinski definition) is 3. The first-order valence-corrected chi connectivity index (χ1v) is 14.5.